The van der Waals surface area contributed by atoms with Gasteiger partial charge in [0, 0.05) is 6.04 Å². The van der Waals surface area contributed by atoms with Gasteiger partial charge in [-0.2, -0.15) is 0 Å². The maximum absolute atomic E-state index is 3.57. The smallest absolute Gasteiger partial charge is 0.00682 e. The largest absolute Gasteiger partial charge is 0.314 e. The van der Waals surface area contributed by atoms with Crippen LogP contribution in [0.1, 0.15) is 50.5 Å². The van der Waals surface area contributed by atoms with Crippen LogP contribution in [0.2, 0.25) is 0 Å². The number of unbranched alkanes of at least 4 members (excludes halogenated alkanes) is 1. The first-order chi connectivity index (χ1) is 7.86. The summed E-state index contributed by atoms with van der Waals surface area (Å²) in [6.45, 7) is 3.55. The van der Waals surface area contributed by atoms with Crippen molar-refractivity contribution in [2.24, 2.45) is 0 Å². The minimum atomic E-state index is 0.710. The highest BCUT2D eigenvalue weighted by atomic mass is 14.9. The SMILES string of the molecule is CC(CCCCNC1CC1)c1ccccc1. The molecule has 1 saturated carbocycles. The lowest BCUT2D eigenvalue weighted by atomic mass is 9.95. The third kappa shape index (κ3) is 3.97. The van der Waals surface area contributed by atoms with E-state index in [-0.39, 0.29) is 0 Å². The van der Waals surface area contributed by atoms with Crippen LogP contribution >= 0.6 is 0 Å². The summed E-state index contributed by atoms with van der Waals surface area (Å²) >= 11 is 0. The second-order valence-electron chi connectivity index (χ2n) is 5.04. The first-order valence-corrected chi connectivity index (χ1v) is 6.64. The number of hydrogen-bond acceptors (Lipinski definition) is 1. The standard InChI is InChI=1S/C15H23N/c1-13(14-8-3-2-4-9-14)7-5-6-12-16-15-10-11-15/h2-4,8-9,13,15-16H,5-7,10-12H2,1H3. The van der Waals surface area contributed by atoms with Gasteiger partial charge in [-0.05, 0) is 43.7 Å². The van der Waals surface area contributed by atoms with E-state index in [9.17, 15) is 0 Å². The van der Waals surface area contributed by atoms with Crippen LogP contribution in [0, 0.1) is 0 Å². The summed E-state index contributed by atoms with van der Waals surface area (Å²) in [4.78, 5) is 0. The maximum Gasteiger partial charge on any atom is 0.00682 e. The number of nitrogens with one attached hydrogen (secondary N) is 1. The molecular weight excluding hydrogens is 194 g/mol. The van der Waals surface area contributed by atoms with Gasteiger partial charge in [-0.3, -0.25) is 0 Å². The molecule has 1 fully saturated rings. The quantitative estimate of drug-likeness (QED) is 0.686. The Morgan fingerprint density at radius 2 is 1.94 bits per heavy atom. The van der Waals surface area contributed by atoms with Crippen molar-refractivity contribution >= 4 is 0 Å². The Hall–Kier alpha value is -0.820. The third-order valence-corrected chi connectivity index (χ3v) is 3.44. The van der Waals surface area contributed by atoms with Gasteiger partial charge in [0.25, 0.3) is 0 Å². The number of benzene rings is 1. The van der Waals surface area contributed by atoms with Crippen LogP contribution < -0.4 is 5.32 Å². The van der Waals surface area contributed by atoms with Crippen molar-refractivity contribution in [2.75, 3.05) is 6.54 Å². The van der Waals surface area contributed by atoms with E-state index in [4.69, 9.17) is 0 Å². The lowest BCUT2D eigenvalue weighted by Crippen LogP contribution is -2.17. The van der Waals surface area contributed by atoms with Crippen molar-refractivity contribution in [3.05, 3.63) is 35.9 Å². The molecule has 16 heavy (non-hydrogen) atoms. The fraction of sp³-hybridized carbons (Fsp3) is 0.600. The minimum Gasteiger partial charge on any atom is -0.314 e. The molecule has 1 aliphatic rings. The average Bonchev–Trinajstić information content (AvgIpc) is 3.13. The lowest BCUT2D eigenvalue weighted by Gasteiger charge is -2.11. The molecule has 2 rings (SSSR count). The number of rotatable bonds is 7. The second kappa shape index (κ2) is 6.05. The van der Waals surface area contributed by atoms with Crippen LogP contribution in [-0.2, 0) is 0 Å². The Bertz CT molecular complexity index is 290. The Labute approximate surface area is 99.3 Å². The van der Waals surface area contributed by atoms with Crippen LogP contribution in [0.15, 0.2) is 30.3 Å². The van der Waals surface area contributed by atoms with Gasteiger partial charge in [-0.15, -0.1) is 0 Å². The minimum absolute atomic E-state index is 0.710. The highest BCUT2D eigenvalue weighted by Crippen LogP contribution is 2.21. The Morgan fingerprint density at radius 1 is 1.19 bits per heavy atom. The van der Waals surface area contributed by atoms with Gasteiger partial charge >= 0.3 is 0 Å². The topological polar surface area (TPSA) is 12.0 Å². The summed E-state index contributed by atoms with van der Waals surface area (Å²) in [6, 6.07) is 11.7. The van der Waals surface area contributed by atoms with Gasteiger partial charge in [0.05, 0.1) is 0 Å². The summed E-state index contributed by atoms with van der Waals surface area (Å²) in [7, 11) is 0. The molecule has 1 heteroatoms. The Kier molecular flexibility index (Phi) is 4.41. The number of hydrogen-bond donors (Lipinski definition) is 1. The molecule has 1 atom stereocenters. The van der Waals surface area contributed by atoms with Crippen LogP contribution in [0.5, 0.6) is 0 Å². The zero-order chi connectivity index (χ0) is 11.2. The van der Waals surface area contributed by atoms with Gasteiger partial charge < -0.3 is 5.32 Å². The van der Waals surface area contributed by atoms with E-state index in [0.29, 0.717) is 5.92 Å². The van der Waals surface area contributed by atoms with E-state index >= 15 is 0 Å². The Balaban J connectivity index is 1.58. The summed E-state index contributed by atoms with van der Waals surface area (Å²) in [5.41, 5.74) is 1.48. The predicted molar refractivity (Wildman–Crippen MR) is 69.7 cm³/mol. The lowest BCUT2D eigenvalue weighted by molar-refractivity contribution is 0.566. The van der Waals surface area contributed by atoms with Crippen molar-refractivity contribution in [3.63, 3.8) is 0 Å². The highest BCUT2D eigenvalue weighted by molar-refractivity contribution is 5.18. The summed E-state index contributed by atoms with van der Waals surface area (Å²) in [5.74, 6) is 0.710. The zero-order valence-corrected chi connectivity index (χ0v) is 10.3. The fourth-order valence-electron chi connectivity index (χ4n) is 2.12. The molecule has 1 aromatic carbocycles. The van der Waals surface area contributed by atoms with E-state index in [1.165, 1.54) is 44.2 Å². The molecule has 1 unspecified atom stereocenters. The van der Waals surface area contributed by atoms with E-state index in [2.05, 4.69) is 42.6 Å². The maximum atomic E-state index is 3.57. The molecule has 1 aliphatic carbocycles. The van der Waals surface area contributed by atoms with Crippen LogP contribution in [0.25, 0.3) is 0 Å². The van der Waals surface area contributed by atoms with E-state index in [1.807, 2.05) is 0 Å². The van der Waals surface area contributed by atoms with Gasteiger partial charge in [-0.25, -0.2) is 0 Å². The van der Waals surface area contributed by atoms with Gasteiger partial charge in [0.1, 0.15) is 0 Å². The Morgan fingerprint density at radius 3 is 2.62 bits per heavy atom. The molecule has 0 aromatic heterocycles. The van der Waals surface area contributed by atoms with E-state index < -0.39 is 0 Å². The monoisotopic (exact) mass is 217 g/mol. The van der Waals surface area contributed by atoms with Crippen molar-refractivity contribution in [1.82, 2.24) is 5.32 Å². The summed E-state index contributed by atoms with van der Waals surface area (Å²) < 4.78 is 0. The molecular formula is C15H23N. The molecule has 0 saturated heterocycles. The summed E-state index contributed by atoms with van der Waals surface area (Å²) in [6.07, 6.45) is 6.79. The first-order valence-electron chi connectivity index (χ1n) is 6.64. The molecule has 0 aliphatic heterocycles. The molecule has 0 radical (unpaired) electrons. The normalized spacial score (nSPS) is 17.3. The molecule has 1 N–H and O–H groups in total. The van der Waals surface area contributed by atoms with Crippen LogP contribution in [-0.4, -0.2) is 12.6 Å². The molecule has 0 heterocycles. The van der Waals surface area contributed by atoms with E-state index in [0.717, 1.165) is 6.04 Å². The molecule has 1 nitrogen and oxygen atoms in total. The van der Waals surface area contributed by atoms with Gasteiger partial charge in [0.15, 0.2) is 0 Å². The van der Waals surface area contributed by atoms with E-state index in [1.54, 1.807) is 0 Å². The van der Waals surface area contributed by atoms with Crippen molar-refractivity contribution in [2.45, 2.75) is 51.0 Å². The second-order valence-corrected chi connectivity index (χ2v) is 5.04. The van der Waals surface area contributed by atoms with Crippen LogP contribution in [0.3, 0.4) is 0 Å². The zero-order valence-electron chi connectivity index (χ0n) is 10.3. The molecule has 1 aromatic rings. The third-order valence-electron chi connectivity index (χ3n) is 3.44. The van der Waals surface area contributed by atoms with Crippen LogP contribution in [0.4, 0.5) is 0 Å². The molecule has 0 spiro atoms. The van der Waals surface area contributed by atoms with Crippen molar-refractivity contribution < 1.29 is 0 Å². The highest BCUT2D eigenvalue weighted by Gasteiger charge is 2.19. The fourth-order valence-corrected chi connectivity index (χ4v) is 2.12. The van der Waals surface area contributed by atoms with Crippen molar-refractivity contribution in [3.8, 4) is 0 Å². The van der Waals surface area contributed by atoms with Gasteiger partial charge in [-0.1, -0.05) is 43.7 Å². The average molecular weight is 217 g/mol. The molecule has 0 bridgehead atoms. The molecule has 0 amide bonds. The van der Waals surface area contributed by atoms with Gasteiger partial charge in [0.2, 0.25) is 0 Å². The van der Waals surface area contributed by atoms with Crippen molar-refractivity contribution in [1.29, 1.82) is 0 Å². The summed E-state index contributed by atoms with van der Waals surface area (Å²) in [5, 5.41) is 3.57. The predicted octanol–water partition coefficient (Wildman–Crippen LogP) is 3.71. The molecule has 88 valence electrons. The first kappa shape index (κ1) is 11.7.